The second-order valence-corrected chi connectivity index (χ2v) is 3.35. The first-order chi connectivity index (χ1) is 6.70. The van der Waals surface area contributed by atoms with Crippen molar-refractivity contribution < 1.29 is 14.6 Å². The van der Waals surface area contributed by atoms with E-state index in [0.717, 1.165) is 19.3 Å². The van der Waals surface area contributed by atoms with Crippen LogP contribution in [0.5, 0.6) is 0 Å². The van der Waals surface area contributed by atoms with Gasteiger partial charge >= 0.3 is 5.97 Å². The molecule has 0 aliphatic rings. The monoisotopic (exact) mass is 200 g/mol. The van der Waals surface area contributed by atoms with E-state index >= 15 is 0 Å². The SMILES string of the molecule is C=CC[C@@H](CCCCC)OCC(=O)O. The molecule has 0 aromatic rings. The predicted octanol–water partition coefficient (Wildman–Crippen LogP) is 2.61. The first kappa shape index (κ1) is 13.2. The molecule has 0 bridgehead atoms. The summed E-state index contributed by atoms with van der Waals surface area (Å²) >= 11 is 0. The summed E-state index contributed by atoms with van der Waals surface area (Å²) in [6.45, 7) is 5.56. The lowest BCUT2D eigenvalue weighted by molar-refractivity contribution is -0.144. The van der Waals surface area contributed by atoms with Gasteiger partial charge < -0.3 is 9.84 Å². The van der Waals surface area contributed by atoms with Gasteiger partial charge in [0.1, 0.15) is 6.61 Å². The molecular formula is C11H20O3. The van der Waals surface area contributed by atoms with Gasteiger partial charge in [-0.3, -0.25) is 0 Å². The fourth-order valence-electron chi connectivity index (χ4n) is 1.27. The number of hydrogen-bond acceptors (Lipinski definition) is 2. The lowest BCUT2D eigenvalue weighted by atomic mass is 10.1. The Labute approximate surface area is 85.8 Å². The summed E-state index contributed by atoms with van der Waals surface area (Å²) in [4.78, 5) is 10.3. The summed E-state index contributed by atoms with van der Waals surface area (Å²) in [5.41, 5.74) is 0. The molecule has 14 heavy (non-hydrogen) atoms. The van der Waals surface area contributed by atoms with E-state index in [-0.39, 0.29) is 12.7 Å². The highest BCUT2D eigenvalue weighted by atomic mass is 16.5. The number of carboxylic acid groups (broad SMARTS) is 1. The van der Waals surface area contributed by atoms with Crippen LogP contribution in [0, 0.1) is 0 Å². The zero-order chi connectivity index (χ0) is 10.8. The van der Waals surface area contributed by atoms with E-state index in [0.29, 0.717) is 0 Å². The zero-order valence-electron chi connectivity index (χ0n) is 8.87. The maximum absolute atomic E-state index is 10.3. The maximum atomic E-state index is 10.3. The second kappa shape index (κ2) is 8.75. The number of aliphatic carboxylic acids is 1. The normalized spacial score (nSPS) is 12.4. The molecule has 0 aliphatic heterocycles. The molecule has 1 N–H and O–H groups in total. The summed E-state index contributed by atoms with van der Waals surface area (Å²) < 4.78 is 5.22. The minimum atomic E-state index is -0.908. The molecule has 3 nitrogen and oxygen atoms in total. The molecule has 0 aromatic carbocycles. The Hall–Kier alpha value is -0.830. The van der Waals surface area contributed by atoms with Crippen molar-refractivity contribution in [3.63, 3.8) is 0 Å². The largest absolute Gasteiger partial charge is 0.480 e. The molecule has 0 amide bonds. The lowest BCUT2D eigenvalue weighted by Gasteiger charge is -2.14. The number of carboxylic acids is 1. The number of unbranched alkanes of at least 4 members (excludes halogenated alkanes) is 2. The molecule has 0 radical (unpaired) electrons. The van der Waals surface area contributed by atoms with Gasteiger partial charge in [0.25, 0.3) is 0 Å². The third-order valence-electron chi connectivity index (χ3n) is 2.00. The van der Waals surface area contributed by atoms with Crippen LogP contribution in [0.15, 0.2) is 12.7 Å². The average molecular weight is 200 g/mol. The molecule has 0 saturated heterocycles. The Bertz CT molecular complexity index is 166. The van der Waals surface area contributed by atoms with Crippen molar-refractivity contribution in [2.45, 2.75) is 45.1 Å². The number of rotatable bonds is 9. The zero-order valence-corrected chi connectivity index (χ0v) is 8.87. The van der Waals surface area contributed by atoms with Gasteiger partial charge in [0.15, 0.2) is 0 Å². The van der Waals surface area contributed by atoms with E-state index in [2.05, 4.69) is 13.5 Å². The summed E-state index contributed by atoms with van der Waals surface area (Å²) in [7, 11) is 0. The van der Waals surface area contributed by atoms with Gasteiger partial charge in [-0.15, -0.1) is 6.58 Å². The Morgan fingerprint density at radius 2 is 2.29 bits per heavy atom. The Balaban J connectivity index is 3.64. The maximum Gasteiger partial charge on any atom is 0.329 e. The first-order valence-electron chi connectivity index (χ1n) is 5.15. The van der Waals surface area contributed by atoms with E-state index in [9.17, 15) is 4.79 Å². The number of ether oxygens (including phenoxy) is 1. The molecule has 0 aliphatic carbocycles. The smallest absolute Gasteiger partial charge is 0.329 e. The highest BCUT2D eigenvalue weighted by Gasteiger charge is 2.08. The second-order valence-electron chi connectivity index (χ2n) is 3.35. The van der Waals surface area contributed by atoms with Crippen LogP contribution in [0.4, 0.5) is 0 Å². The number of carbonyl (C=O) groups is 1. The highest BCUT2D eigenvalue weighted by Crippen LogP contribution is 2.10. The molecule has 0 heterocycles. The van der Waals surface area contributed by atoms with Crippen LogP contribution in [0.3, 0.4) is 0 Å². The van der Waals surface area contributed by atoms with Crippen molar-refractivity contribution >= 4 is 5.97 Å². The minimum absolute atomic E-state index is 0.0233. The van der Waals surface area contributed by atoms with Crippen molar-refractivity contribution in [1.29, 1.82) is 0 Å². The summed E-state index contributed by atoms with van der Waals surface area (Å²) in [5, 5.41) is 8.45. The summed E-state index contributed by atoms with van der Waals surface area (Å²) in [5.74, 6) is -0.908. The molecule has 0 aromatic heterocycles. The van der Waals surface area contributed by atoms with E-state index in [4.69, 9.17) is 9.84 Å². The first-order valence-corrected chi connectivity index (χ1v) is 5.15. The highest BCUT2D eigenvalue weighted by molar-refractivity contribution is 5.68. The van der Waals surface area contributed by atoms with Gasteiger partial charge in [-0.1, -0.05) is 32.3 Å². The van der Waals surface area contributed by atoms with Crippen molar-refractivity contribution in [2.24, 2.45) is 0 Å². The van der Waals surface area contributed by atoms with E-state index < -0.39 is 5.97 Å². The van der Waals surface area contributed by atoms with E-state index in [1.807, 2.05) is 0 Å². The van der Waals surface area contributed by atoms with Gasteiger partial charge in [0.05, 0.1) is 6.10 Å². The molecular weight excluding hydrogens is 180 g/mol. The summed E-state index contributed by atoms with van der Waals surface area (Å²) in [6.07, 6.45) is 6.89. The predicted molar refractivity (Wildman–Crippen MR) is 56.3 cm³/mol. The minimum Gasteiger partial charge on any atom is -0.480 e. The third kappa shape index (κ3) is 7.80. The lowest BCUT2D eigenvalue weighted by Crippen LogP contribution is -2.17. The molecule has 82 valence electrons. The molecule has 0 fully saturated rings. The van der Waals surface area contributed by atoms with Gasteiger partial charge in [-0.2, -0.15) is 0 Å². The quantitative estimate of drug-likeness (QED) is 0.459. The Morgan fingerprint density at radius 3 is 2.79 bits per heavy atom. The standard InChI is InChI=1S/C11H20O3/c1-3-5-6-8-10(7-4-2)14-9-11(12)13/h4,10H,2-3,5-9H2,1H3,(H,12,13)/t10-/m0/s1. The summed E-state index contributed by atoms with van der Waals surface area (Å²) in [6, 6.07) is 0. The van der Waals surface area contributed by atoms with Gasteiger partial charge in [-0.05, 0) is 12.8 Å². The van der Waals surface area contributed by atoms with E-state index in [1.165, 1.54) is 12.8 Å². The van der Waals surface area contributed by atoms with Gasteiger partial charge in [0, 0.05) is 0 Å². The van der Waals surface area contributed by atoms with E-state index in [1.54, 1.807) is 6.08 Å². The van der Waals surface area contributed by atoms with Crippen LogP contribution in [-0.4, -0.2) is 23.8 Å². The van der Waals surface area contributed by atoms with Crippen LogP contribution in [0.2, 0.25) is 0 Å². The van der Waals surface area contributed by atoms with Crippen molar-refractivity contribution in [2.75, 3.05) is 6.61 Å². The van der Waals surface area contributed by atoms with Crippen molar-refractivity contribution in [3.8, 4) is 0 Å². The number of hydrogen-bond donors (Lipinski definition) is 1. The molecule has 0 spiro atoms. The van der Waals surface area contributed by atoms with Crippen LogP contribution in [0.1, 0.15) is 39.0 Å². The molecule has 1 atom stereocenters. The van der Waals surface area contributed by atoms with Crippen LogP contribution < -0.4 is 0 Å². The van der Waals surface area contributed by atoms with Crippen molar-refractivity contribution in [1.82, 2.24) is 0 Å². The van der Waals surface area contributed by atoms with Gasteiger partial charge in [0.2, 0.25) is 0 Å². The topological polar surface area (TPSA) is 46.5 Å². The molecule has 0 saturated carbocycles. The van der Waals surface area contributed by atoms with Crippen LogP contribution in [-0.2, 0) is 9.53 Å². The third-order valence-corrected chi connectivity index (χ3v) is 2.00. The Morgan fingerprint density at radius 1 is 1.57 bits per heavy atom. The average Bonchev–Trinajstić information content (AvgIpc) is 2.14. The molecule has 0 unspecified atom stereocenters. The van der Waals surface area contributed by atoms with Crippen LogP contribution in [0.25, 0.3) is 0 Å². The Kier molecular flexibility index (Phi) is 8.24. The molecule has 0 rings (SSSR count). The fourth-order valence-corrected chi connectivity index (χ4v) is 1.27. The van der Waals surface area contributed by atoms with Gasteiger partial charge in [-0.25, -0.2) is 4.79 Å². The van der Waals surface area contributed by atoms with Crippen molar-refractivity contribution in [3.05, 3.63) is 12.7 Å². The fraction of sp³-hybridized carbons (Fsp3) is 0.727. The van der Waals surface area contributed by atoms with Crippen LogP contribution >= 0.6 is 0 Å². The molecule has 3 heteroatoms.